The number of fused-ring (bicyclic) bond motifs is 2. The van der Waals surface area contributed by atoms with Gasteiger partial charge in [0.2, 0.25) is 5.91 Å². The largest absolute Gasteiger partial charge is 0.358 e. The molecule has 3 aromatic heterocycles. The Kier molecular flexibility index (Phi) is 7.43. The Balaban J connectivity index is 1.02. The van der Waals surface area contributed by atoms with E-state index in [1.165, 1.54) is 4.90 Å². The highest BCUT2D eigenvalue weighted by Crippen LogP contribution is 2.30. The maximum atomic E-state index is 12.5. The van der Waals surface area contributed by atoms with Gasteiger partial charge in [-0.05, 0) is 51.0 Å². The number of hydrogen-bond acceptors (Lipinski definition) is 9. The predicted octanol–water partition coefficient (Wildman–Crippen LogP) is 3.74. The highest BCUT2D eigenvalue weighted by Gasteiger charge is 2.34. The molecule has 0 unspecified atom stereocenters. The van der Waals surface area contributed by atoms with Gasteiger partial charge in [0.15, 0.2) is 17.5 Å². The summed E-state index contributed by atoms with van der Waals surface area (Å²) in [4.78, 5) is 58.6. The number of nitrogens with one attached hydrogen (secondary N) is 1. The molecule has 42 heavy (non-hydrogen) atoms. The van der Waals surface area contributed by atoms with Crippen molar-refractivity contribution >= 4 is 29.4 Å². The lowest BCUT2D eigenvalue weighted by molar-refractivity contribution is -0.117. The molecule has 0 saturated heterocycles. The van der Waals surface area contributed by atoms with Gasteiger partial charge in [-0.25, -0.2) is 19.9 Å². The van der Waals surface area contributed by atoms with Gasteiger partial charge in [-0.1, -0.05) is 25.0 Å². The number of carbonyl (C=O) groups is 3. The molecule has 0 saturated carbocycles. The van der Waals surface area contributed by atoms with E-state index < -0.39 is 0 Å². The van der Waals surface area contributed by atoms with Gasteiger partial charge in [0, 0.05) is 30.9 Å². The SMILES string of the molecule is CCN1C(=O)CNc2ncc(-c3ccc(-c4ncn(CCCCCCN5C(=O)c6ccccc6C5=O)n4)nc3C)nc21. The molecule has 0 spiro atoms. The number of hydrogen-bond donors (Lipinski definition) is 1. The van der Waals surface area contributed by atoms with Crippen LogP contribution in [0.25, 0.3) is 22.8 Å². The quantitative estimate of drug-likeness (QED) is 0.225. The Morgan fingerprint density at radius 1 is 0.810 bits per heavy atom. The van der Waals surface area contributed by atoms with E-state index in [2.05, 4.69) is 20.4 Å². The summed E-state index contributed by atoms with van der Waals surface area (Å²) in [6.45, 7) is 5.69. The van der Waals surface area contributed by atoms with Crippen LogP contribution in [0.3, 0.4) is 0 Å². The minimum atomic E-state index is -0.199. The van der Waals surface area contributed by atoms with Gasteiger partial charge < -0.3 is 5.32 Å². The summed E-state index contributed by atoms with van der Waals surface area (Å²) in [6, 6.07) is 10.8. The zero-order valence-corrected chi connectivity index (χ0v) is 23.6. The lowest BCUT2D eigenvalue weighted by Gasteiger charge is -2.27. The molecular formula is C30H31N9O3. The molecule has 3 amide bonds. The Bertz CT molecular complexity index is 1650. The molecule has 5 heterocycles. The molecule has 2 aliphatic rings. The van der Waals surface area contributed by atoms with Crippen molar-refractivity contribution in [1.29, 1.82) is 0 Å². The van der Waals surface area contributed by atoms with Crippen LogP contribution >= 0.6 is 0 Å². The molecule has 0 bridgehead atoms. The summed E-state index contributed by atoms with van der Waals surface area (Å²) in [5, 5.41) is 7.62. The van der Waals surface area contributed by atoms with Crippen LogP contribution in [0.4, 0.5) is 11.6 Å². The van der Waals surface area contributed by atoms with Gasteiger partial charge >= 0.3 is 0 Å². The van der Waals surface area contributed by atoms with Crippen LogP contribution in [-0.4, -0.2) is 72.0 Å². The van der Waals surface area contributed by atoms with E-state index in [4.69, 9.17) is 9.97 Å². The molecule has 0 atom stereocenters. The number of aryl methyl sites for hydroxylation is 2. The Morgan fingerprint density at radius 3 is 2.26 bits per heavy atom. The van der Waals surface area contributed by atoms with Crippen LogP contribution < -0.4 is 10.2 Å². The molecule has 1 aromatic carbocycles. The van der Waals surface area contributed by atoms with E-state index in [0.29, 0.717) is 59.6 Å². The van der Waals surface area contributed by atoms with Gasteiger partial charge in [0.1, 0.15) is 12.0 Å². The van der Waals surface area contributed by atoms with E-state index in [-0.39, 0.29) is 24.3 Å². The second kappa shape index (κ2) is 11.5. The molecule has 6 rings (SSSR count). The van der Waals surface area contributed by atoms with E-state index in [1.54, 1.807) is 41.7 Å². The fraction of sp³-hybridized carbons (Fsp3) is 0.333. The average Bonchev–Trinajstić information content (AvgIpc) is 3.57. The number of unbranched alkanes of at least 4 members (excludes halogenated alkanes) is 3. The van der Waals surface area contributed by atoms with Crippen LogP contribution in [0.1, 0.15) is 59.0 Å². The van der Waals surface area contributed by atoms with Crippen molar-refractivity contribution in [3.8, 4) is 22.8 Å². The van der Waals surface area contributed by atoms with Gasteiger partial charge in [0.05, 0.1) is 29.6 Å². The number of amides is 3. The van der Waals surface area contributed by atoms with Gasteiger partial charge in [-0.3, -0.25) is 28.9 Å². The third-order valence-corrected chi connectivity index (χ3v) is 7.56. The van der Waals surface area contributed by atoms with E-state index in [1.807, 2.05) is 30.7 Å². The summed E-state index contributed by atoms with van der Waals surface area (Å²) >= 11 is 0. The van der Waals surface area contributed by atoms with Gasteiger partial charge in [-0.15, -0.1) is 5.10 Å². The first-order valence-electron chi connectivity index (χ1n) is 14.2. The highest BCUT2D eigenvalue weighted by molar-refractivity contribution is 6.21. The Morgan fingerprint density at radius 2 is 1.55 bits per heavy atom. The second-order valence-corrected chi connectivity index (χ2v) is 10.3. The lowest BCUT2D eigenvalue weighted by atomic mass is 10.1. The normalized spacial score (nSPS) is 14.3. The van der Waals surface area contributed by atoms with Crippen molar-refractivity contribution in [3.05, 3.63) is 65.7 Å². The molecule has 0 aliphatic carbocycles. The van der Waals surface area contributed by atoms with Crippen molar-refractivity contribution in [2.45, 2.75) is 46.1 Å². The number of benzene rings is 1. The third kappa shape index (κ3) is 5.11. The number of pyridine rings is 1. The standard InChI is InChI=1S/C30H31N9O3/c1-3-38-25(40)17-32-27-28(38)35-24(16-31-27)20-12-13-23(34-19(20)2)26-33-18-37(36-26)14-8-4-5-9-15-39-29(41)21-10-6-7-11-22(21)30(39)42/h6-7,10-13,16,18H,3-5,8-9,14-15,17H2,1-2H3,(H,31,32). The summed E-state index contributed by atoms with van der Waals surface area (Å²) in [5.74, 6) is 1.23. The fourth-order valence-corrected chi connectivity index (χ4v) is 5.34. The van der Waals surface area contributed by atoms with Gasteiger partial charge in [-0.2, -0.15) is 0 Å². The van der Waals surface area contributed by atoms with Crippen LogP contribution in [0.5, 0.6) is 0 Å². The first-order valence-corrected chi connectivity index (χ1v) is 14.2. The summed E-state index contributed by atoms with van der Waals surface area (Å²) in [6.07, 6.45) is 6.91. The Hall–Kier alpha value is -5.00. The minimum Gasteiger partial charge on any atom is -0.358 e. The molecule has 0 radical (unpaired) electrons. The fourth-order valence-electron chi connectivity index (χ4n) is 5.34. The smallest absolute Gasteiger partial charge is 0.261 e. The van der Waals surface area contributed by atoms with Crippen molar-refractivity contribution < 1.29 is 14.4 Å². The third-order valence-electron chi connectivity index (χ3n) is 7.56. The second-order valence-electron chi connectivity index (χ2n) is 10.3. The molecule has 214 valence electrons. The van der Waals surface area contributed by atoms with E-state index in [0.717, 1.165) is 36.9 Å². The maximum Gasteiger partial charge on any atom is 0.261 e. The first kappa shape index (κ1) is 27.2. The van der Waals surface area contributed by atoms with Crippen molar-refractivity contribution in [3.63, 3.8) is 0 Å². The number of imide groups is 1. The number of anilines is 2. The molecule has 1 N–H and O–H groups in total. The Labute approximate surface area is 242 Å². The average molecular weight is 566 g/mol. The van der Waals surface area contributed by atoms with Crippen molar-refractivity contribution in [1.82, 2.24) is 34.6 Å². The maximum absolute atomic E-state index is 12.5. The van der Waals surface area contributed by atoms with E-state index in [9.17, 15) is 14.4 Å². The van der Waals surface area contributed by atoms with Crippen LogP contribution in [0.15, 0.2) is 48.9 Å². The zero-order valence-electron chi connectivity index (χ0n) is 23.6. The molecule has 2 aliphatic heterocycles. The minimum absolute atomic E-state index is 0.0373. The number of aromatic nitrogens is 6. The summed E-state index contributed by atoms with van der Waals surface area (Å²) in [5.41, 5.74) is 3.87. The predicted molar refractivity (Wildman–Crippen MR) is 156 cm³/mol. The van der Waals surface area contributed by atoms with Crippen LogP contribution in [0, 0.1) is 6.92 Å². The van der Waals surface area contributed by atoms with Crippen molar-refractivity contribution in [2.24, 2.45) is 0 Å². The zero-order chi connectivity index (χ0) is 29.2. The molecular weight excluding hydrogens is 534 g/mol. The van der Waals surface area contributed by atoms with Crippen LogP contribution in [0.2, 0.25) is 0 Å². The number of rotatable bonds is 10. The lowest BCUT2D eigenvalue weighted by Crippen LogP contribution is -2.40. The first-order chi connectivity index (χ1) is 20.4. The molecule has 12 heteroatoms. The topological polar surface area (TPSA) is 139 Å². The molecule has 12 nitrogen and oxygen atoms in total. The van der Waals surface area contributed by atoms with Crippen LogP contribution in [-0.2, 0) is 11.3 Å². The van der Waals surface area contributed by atoms with E-state index >= 15 is 0 Å². The van der Waals surface area contributed by atoms with Crippen molar-refractivity contribution in [2.75, 3.05) is 29.9 Å². The van der Waals surface area contributed by atoms with Gasteiger partial charge in [0.25, 0.3) is 11.8 Å². The number of carbonyl (C=O) groups excluding carboxylic acids is 3. The number of nitrogens with zero attached hydrogens (tertiary/aromatic N) is 8. The number of likely N-dealkylation sites (N-methyl/N-ethyl adjacent to an activating group) is 1. The summed E-state index contributed by atoms with van der Waals surface area (Å²) < 4.78 is 1.81. The molecule has 4 aromatic rings. The monoisotopic (exact) mass is 565 g/mol. The molecule has 0 fully saturated rings. The highest BCUT2D eigenvalue weighted by atomic mass is 16.2. The summed E-state index contributed by atoms with van der Waals surface area (Å²) in [7, 11) is 0.